The Morgan fingerprint density at radius 2 is 1.77 bits per heavy atom. The van der Waals surface area contributed by atoms with E-state index < -0.39 is 10.0 Å². The lowest BCUT2D eigenvalue weighted by atomic mass is 10.0. The second-order valence-electron chi connectivity index (χ2n) is 7.16. The van der Waals surface area contributed by atoms with E-state index in [0.29, 0.717) is 32.4 Å². The summed E-state index contributed by atoms with van der Waals surface area (Å²) in [6, 6.07) is 14.5. The summed E-state index contributed by atoms with van der Waals surface area (Å²) in [6.07, 6.45) is 6.78. The number of aromatic nitrogens is 2. The van der Waals surface area contributed by atoms with E-state index in [1.54, 1.807) is 49.8 Å². The molecule has 3 rings (SSSR count). The Morgan fingerprint density at radius 3 is 2.45 bits per heavy atom. The first kappa shape index (κ1) is 22.7. The lowest BCUT2D eigenvalue weighted by Crippen LogP contribution is -2.26. The lowest BCUT2D eigenvalue weighted by molar-refractivity contribution is -0.143. The van der Waals surface area contributed by atoms with Crippen LogP contribution in [0.15, 0.2) is 72.1 Å². The largest absolute Gasteiger partial charge is 0.466 e. The lowest BCUT2D eigenvalue weighted by Gasteiger charge is -2.12. The molecule has 1 heterocycles. The maximum absolute atomic E-state index is 12.4. The van der Waals surface area contributed by atoms with E-state index in [2.05, 4.69) is 21.8 Å². The number of ether oxygens (including phenoxy) is 1. The van der Waals surface area contributed by atoms with E-state index in [4.69, 9.17) is 4.74 Å². The molecule has 0 spiro atoms. The minimum atomic E-state index is -3.54. The van der Waals surface area contributed by atoms with Gasteiger partial charge in [-0.3, -0.25) is 4.79 Å². The van der Waals surface area contributed by atoms with Crippen LogP contribution in [-0.2, 0) is 38.9 Å². The molecule has 2 aromatic carbocycles. The van der Waals surface area contributed by atoms with Crippen molar-refractivity contribution in [2.75, 3.05) is 13.2 Å². The number of rotatable bonds is 11. The first-order valence-corrected chi connectivity index (χ1v) is 11.7. The van der Waals surface area contributed by atoms with E-state index in [9.17, 15) is 13.2 Å². The highest BCUT2D eigenvalue weighted by atomic mass is 32.2. The number of carbonyl (C=O) groups is 1. The molecule has 164 valence electrons. The highest BCUT2D eigenvalue weighted by Crippen LogP contribution is 2.15. The van der Waals surface area contributed by atoms with Crippen molar-refractivity contribution in [3.05, 3.63) is 83.9 Å². The van der Waals surface area contributed by atoms with Gasteiger partial charge in [0.15, 0.2) is 0 Å². The topological polar surface area (TPSA) is 90.3 Å². The second-order valence-corrected chi connectivity index (χ2v) is 8.93. The van der Waals surface area contributed by atoms with Gasteiger partial charge in [-0.1, -0.05) is 36.4 Å². The number of carbonyl (C=O) groups excluding carboxylic acids is 1. The fourth-order valence-electron chi connectivity index (χ4n) is 3.30. The van der Waals surface area contributed by atoms with Crippen molar-refractivity contribution in [1.29, 1.82) is 0 Å². The number of hydrogen-bond acceptors (Lipinski definition) is 5. The van der Waals surface area contributed by atoms with Crippen LogP contribution in [0.2, 0.25) is 0 Å². The van der Waals surface area contributed by atoms with Crippen molar-refractivity contribution in [1.82, 2.24) is 14.3 Å². The summed E-state index contributed by atoms with van der Waals surface area (Å²) in [5, 5.41) is 0. The van der Waals surface area contributed by atoms with Crippen LogP contribution < -0.4 is 4.72 Å². The third-order valence-electron chi connectivity index (χ3n) is 4.72. The molecule has 3 aromatic rings. The van der Waals surface area contributed by atoms with Crippen LogP contribution in [0.25, 0.3) is 0 Å². The van der Waals surface area contributed by atoms with Gasteiger partial charge in [-0.15, -0.1) is 0 Å². The molecule has 0 saturated carbocycles. The Morgan fingerprint density at radius 1 is 1.06 bits per heavy atom. The van der Waals surface area contributed by atoms with Gasteiger partial charge in [0.05, 0.1) is 17.8 Å². The average molecular weight is 442 g/mol. The SMILES string of the molecule is CCOC(=O)CCc1cc(CCNS(=O)(=O)c2ccccc2)cc(Cn2ccnc2)c1. The predicted octanol–water partition coefficient (Wildman–Crippen LogP) is 2.95. The Bertz CT molecular complexity index is 1080. The summed E-state index contributed by atoms with van der Waals surface area (Å²) in [7, 11) is -3.54. The summed E-state index contributed by atoms with van der Waals surface area (Å²) < 4.78 is 34.5. The van der Waals surface area contributed by atoms with Crippen molar-refractivity contribution in [3.8, 4) is 0 Å². The number of nitrogens with one attached hydrogen (secondary N) is 1. The molecule has 0 aliphatic rings. The minimum absolute atomic E-state index is 0.223. The zero-order valence-electron chi connectivity index (χ0n) is 17.5. The molecule has 0 saturated heterocycles. The van der Waals surface area contributed by atoms with Crippen LogP contribution in [0.5, 0.6) is 0 Å². The highest BCUT2D eigenvalue weighted by Gasteiger charge is 2.13. The molecule has 1 N–H and O–H groups in total. The van der Waals surface area contributed by atoms with Gasteiger partial charge in [-0.05, 0) is 48.6 Å². The van der Waals surface area contributed by atoms with E-state index in [0.717, 1.165) is 16.7 Å². The molecule has 7 nitrogen and oxygen atoms in total. The maximum atomic E-state index is 12.4. The van der Waals surface area contributed by atoms with Crippen molar-refractivity contribution in [3.63, 3.8) is 0 Å². The molecule has 0 aliphatic carbocycles. The van der Waals surface area contributed by atoms with Gasteiger partial charge in [0, 0.05) is 31.9 Å². The summed E-state index contributed by atoms with van der Waals surface area (Å²) >= 11 is 0. The normalized spacial score (nSPS) is 11.4. The van der Waals surface area contributed by atoms with Gasteiger partial charge < -0.3 is 9.30 Å². The van der Waals surface area contributed by atoms with Crippen molar-refractivity contribution < 1.29 is 17.9 Å². The fourth-order valence-corrected chi connectivity index (χ4v) is 4.36. The molecular formula is C23H27N3O4S. The summed E-state index contributed by atoms with van der Waals surface area (Å²) in [5.74, 6) is -0.223. The molecule has 0 unspecified atom stereocenters. The molecule has 31 heavy (non-hydrogen) atoms. The van der Waals surface area contributed by atoms with Crippen LogP contribution in [0.3, 0.4) is 0 Å². The summed E-state index contributed by atoms with van der Waals surface area (Å²) in [6.45, 7) is 3.09. The van der Waals surface area contributed by atoms with E-state index in [1.807, 2.05) is 16.8 Å². The maximum Gasteiger partial charge on any atom is 0.306 e. The number of hydrogen-bond donors (Lipinski definition) is 1. The molecule has 0 aliphatic heterocycles. The Balaban J connectivity index is 1.70. The molecule has 0 fully saturated rings. The number of benzene rings is 2. The van der Waals surface area contributed by atoms with E-state index >= 15 is 0 Å². The van der Waals surface area contributed by atoms with Gasteiger partial charge in [0.25, 0.3) is 0 Å². The zero-order valence-corrected chi connectivity index (χ0v) is 18.3. The van der Waals surface area contributed by atoms with E-state index in [-0.39, 0.29) is 17.4 Å². The average Bonchev–Trinajstić information content (AvgIpc) is 3.26. The molecule has 8 heteroatoms. The molecule has 1 aromatic heterocycles. The quantitative estimate of drug-likeness (QED) is 0.462. The van der Waals surface area contributed by atoms with Crippen LogP contribution in [-0.4, -0.2) is 37.1 Å². The van der Waals surface area contributed by atoms with Crippen LogP contribution in [0, 0.1) is 0 Å². The highest BCUT2D eigenvalue weighted by molar-refractivity contribution is 7.89. The van der Waals surface area contributed by atoms with Crippen LogP contribution in [0.1, 0.15) is 30.0 Å². The van der Waals surface area contributed by atoms with Crippen LogP contribution >= 0.6 is 0 Å². The van der Waals surface area contributed by atoms with Crippen molar-refractivity contribution >= 4 is 16.0 Å². The number of sulfonamides is 1. The minimum Gasteiger partial charge on any atom is -0.466 e. The van der Waals surface area contributed by atoms with Crippen molar-refractivity contribution in [2.24, 2.45) is 0 Å². The van der Waals surface area contributed by atoms with Crippen LogP contribution in [0.4, 0.5) is 0 Å². The molecule has 0 radical (unpaired) electrons. The second kappa shape index (κ2) is 10.9. The standard InChI is InChI=1S/C23H27N3O4S/c1-2-30-23(27)9-8-19-14-20(16-21(15-19)17-26-13-12-24-18-26)10-11-25-31(28,29)22-6-4-3-5-7-22/h3-7,12-16,18,25H,2,8-11,17H2,1H3. The summed E-state index contributed by atoms with van der Waals surface area (Å²) in [4.78, 5) is 16.1. The molecule has 0 bridgehead atoms. The first-order valence-electron chi connectivity index (χ1n) is 10.2. The monoisotopic (exact) mass is 441 g/mol. The van der Waals surface area contributed by atoms with Gasteiger partial charge in [0.2, 0.25) is 10.0 Å². The number of aryl methyl sites for hydroxylation is 1. The van der Waals surface area contributed by atoms with Gasteiger partial charge in [-0.2, -0.15) is 0 Å². The molecular weight excluding hydrogens is 414 g/mol. The number of imidazole rings is 1. The van der Waals surface area contributed by atoms with Crippen molar-refractivity contribution in [2.45, 2.75) is 37.6 Å². The molecule has 0 amide bonds. The number of esters is 1. The van der Waals surface area contributed by atoms with Gasteiger partial charge in [0.1, 0.15) is 0 Å². The third-order valence-corrected chi connectivity index (χ3v) is 6.20. The zero-order chi connectivity index (χ0) is 22.1. The Labute approximate surface area is 183 Å². The predicted molar refractivity (Wildman–Crippen MR) is 118 cm³/mol. The number of nitrogens with zero attached hydrogens (tertiary/aromatic N) is 2. The van der Waals surface area contributed by atoms with E-state index in [1.165, 1.54) is 0 Å². The first-order chi connectivity index (χ1) is 15.0. The fraction of sp³-hybridized carbons (Fsp3) is 0.304. The molecule has 0 atom stereocenters. The Kier molecular flexibility index (Phi) is 7.97. The smallest absolute Gasteiger partial charge is 0.306 e. The summed E-state index contributed by atoms with van der Waals surface area (Å²) in [5.41, 5.74) is 3.10. The van der Waals surface area contributed by atoms with Gasteiger partial charge in [-0.25, -0.2) is 18.1 Å². The van der Waals surface area contributed by atoms with Gasteiger partial charge >= 0.3 is 5.97 Å². The Hall–Kier alpha value is -2.97. The third kappa shape index (κ3) is 7.04.